The molecule has 0 fully saturated rings. The highest BCUT2D eigenvalue weighted by Crippen LogP contribution is 2.20. The molecule has 0 bridgehead atoms. The van der Waals surface area contributed by atoms with E-state index in [0.29, 0.717) is 0 Å². The fraction of sp³-hybridized carbons (Fsp3) is 0.231. The van der Waals surface area contributed by atoms with Gasteiger partial charge in [0, 0.05) is 18.0 Å². The molecular formula is C13H14N2O2. The first-order chi connectivity index (χ1) is 8.00. The van der Waals surface area contributed by atoms with Gasteiger partial charge in [0.25, 0.3) is 0 Å². The highest BCUT2D eigenvalue weighted by molar-refractivity contribution is 5.84. The summed E-state index contributed by atoms with van der Waals surface area (Å²) >= 11 is 0. The third-order valence-electron chi connectivity index (χ3n) is 2.78. The van der Waals surface area contributed by atoms with E-state index in [4.69, 9.17) is 10.8 Å². The summed E-state index contributed by atoms with van der Waals surface area (Å²) in [4.78, 5) is 15.2. The largest absolute Gasteiger partial charge is 0.480 e. The van der Waals surface area contributed by atoms with Gasteiger partial charge in [0.1, 0.15) is 5.54 Å². The number of aliphatic carboxylic acids is 1. The molecule has 0 amide bonds. The Morgan fingerprint density at radius 3 is 2.88 bits per heavy atom. The third kappa shape index (κ3) is 2.26. The van der Waals surface area contributed by atoms with Crippen LogP contribution in [0.4, 0.5) is 0 Å². The normalized spacial score (nSPS) is 14.5. The van der Waals surface area contributed by atoms with E-state index in [1.807, 2.05) is 30.3 Å². The first-order valence-corrected chi connectivity index (χ1v) is 5.35. The smallest absolute Gasteiger partial charge is 0.323 e. The minimum absolute atomic E-state index is 0.283. The van der Waals surface area contributed by atoms with Crippen molar-refractivity contribution >= 4 is 16.9 Å². The maximum absolute atomic E-state index is 11.0. The Labute approximate surface area is 99.1 Å². The molecular weight excluding hydrogens is 216 g/mol. The number of hydrogen-bond acceptors (Lipinski definition) is 3. The van der Waals surface area contributed by atoms with Crippen LogP contribution in [0.2, 0.25) is 0 Å². The highest BCUT2D eigenvalue weighted by Gasteiger charge is 2.28. The van der Waals surface area contributed by atoms with Crippen LogP contribution < -0.4 is 5.73 Å². The van der Waals surface area contributed by atoms with Crippen LogP contribution in [0.1, 0.15) is 12.5 Å². The van der Waals surface area contributed by atoms with E-state index in [-0.39, 0.29) is 6.42 Å². The Kier molecular flexibility index (Phi) is 2.81. The van der Waals surface area contributed by atoms with E-state index in [1.54, 1.807) is 6.20 Å². The number of carbonyl (C=O) groups is 1. The minimum Gasteiger partial charge on any atom is -0.480 e. The van der Waals surface area contributed by atoms with Crippen LogP contribution in [0.5, 0.6) is 0 Å². The third-order valence-corrected chi connectivity index (χ3v) is 2.78. The number of carboxylic acids is 1. The van der Waals surface area contributed by atoms with E-state index in [9.17, 15) is 4.79 Å². The van der Waals surface area contributed by atoms with Crippen molar-refractivity contribution in [2.45, 2.75) is 18.9 Å². The molecule has 1 unspecified atom stereocenters. The van der Waals surface area contributed by atoms with Crippen LogP contribution in [0.15, 0.2) is 36.5 Å². The quantitative estimate of drug-likeness (QED) is 0.839. The molecule has 1 aromatic heterocycles. The molecule has 0 aliphatic rings. The number of pyridine rings is 1. The molecule has 4 nitrogen and oxygen atoms in total. The van der Waals surface area contributed by atoms with Crippen molar-refractivity contribution in [1.82, 2.24) is 4.98 Å². The topological polar surface area (TPSA) is 76.2 Å². The second kappa shape index (κ2) is 4.14. The predicted octanol–water partition coefficient (Wildman–Crippen LogP) is 1.58. The maximum Gasteiger partial charge on any atom is 0.323 e. The van der Waals surface area contributed by atoms with Crippen LogP contribution in [-0.4, -0.2) is 21.6 Å². The van der Waals surface area contributed by atoms with Crippen LogP contribution in [0.25, 0.3) is 10.9 Å². The first-order valence-electron chi connectivity index (χ1n) is 5.35. The Balaban J connectivity index is 2.46. The lowest BCUT2D eigenvalue weighted by molar-refractivity contribution is -0.142. The van der Waals surface area contributed by atoms with Crippen LogP contribution in [0.3, 0.4) is 0 Å². The van der Waals surface area contributed by atoms with Crippen LogP contribution in [-0.2, 0) is 11.2 Å². The SMILES string of the molecule is CC(N)(Cc1cccc2ncccc12)C(=O)O. The number of rotatable bonds is 3. The summed E-state index contributed by atoms with van der Waals surface area (Å²) in [5.41, 5.74) is 6.26. The van der Waals surface area contributed by atoms with Crippen molar-refractivity contribution in [1.29, 1.82) is 0 Å². The molecule has 2 aromatic rings. The molecule has 0 saturated carbocycles. The van der Waals surface area contributed by atoms with Gasteiger partial charge < -0.3 is 10.8 Å². The van der Waals surface area contributed by atoms with E-state index in [2.05, 4.69) is 4.98 Å². The summed E-state index contributed by atoms with van der Waals surface area (Å²) in [6.07, 6.45) is 2.00. The number of fused-ring (bicyclic) bond motifs is 1. The standard InChI is InChI=1S/C13H14N2O2/c1-13(14,12(16)17)8-9-4-2-6-11-10(9)5-3-7-15-11/h2-7H,8,14H2,1H3,(H,16,17). The van der Waals surface area contributed by atoms with Gasteiger partial charge in [-0.1, -0.05) is 18.2 Å². The Hall–Kier alpha value is -1.94. The van der Waals surface area contributed by atoms with Crippen LogP contribution in [0, 0.1) is 0 Å². The molecule has 0 aliphatic carbocycles. The van der Waals surface area contributed by atoms with Crippen LogP contribution >= 0.6 is 0 Å². The van der Waals surface area contributed by atoms with Gasteiger partial charge >= 0.3 is 5.97 Å². The lowest BCUT2D eigenvalue weighted by Gasteiger charge is -2.19. The van der Waals surface area contributed by atoms with Gasteiger partial charge in [-0.25, -0.2) is 0 Å². The molecule has 1 aromatic carbocycles. The molecule has 0 spiro atoms. The molecule has 0 radical (unpaired) electrons. The van der Waals surface area contributed by atoms with Gasteiger partial charge in [0.05, 0.1) is 5.52 Å². The van der Waals surface area contributed by atoms with Crippen molar-refractivity contribution < 1.29 is 9.90 Å². The zero-order valence-electron chi connectivity index (χ0n) is 9.55. The Bertz CT molecular complexity index is 559. The molecule has 4 heteroatoms. The number of nitrogens with zero attached hydrogens (tertiary/aromatic N) is 1. The van der Waals surface area contributed by atoms with Crippen molar-refractivity contribution in [2.75, 3.05) is 0 Å². The maximum atomic E-state index is 11.0. The second-order valence-corrected chi connectivity index (χ2v) is 4.39. The summed E-state index contributed by atoms with van der Waals surface area (Å²) in [5, 5.41) is 9.99. The molecule has 3 N–H and O–H groups in total. The molecule has 88 valence electrons. The average Bonchev–Trinajstić information content (AvgIpc) is 2.29. The zero-order valence-corrected chi connectivity index (χ0v) is 9.55. The monoisotopic (exact) mass is 230 g/mol. The number of hydrogen-bond donors (Lipinski definition) is 2. The fourth-order valence-electron chi connectivity index (χ4n) is 1.79. The molecule has 1 atom stereocenters. The van der Waals surface area contributed by atoms with Gasteiger partial charge in [-0.2, -0.15) is 0 Å². The van der Waals surface area contributed by atoms with Gasteiger partial charge in [-0.3, -0.25) is 9.78 Å². The summed E-state index contributed by atoms with van der Waals surface area (Å²) in [6, 6.07) is 9.41. The number of carboxylic acid groups (broad SMARTS) is 1. The summed E-state index contributed by atoms with van der Waals surface area (Å²) in [7, 11) is 0. The average molecular weight is 230 g/mol. The lowest BCUT2D eigenvalue weighted by Crippen LogP contribution is -2.46. The van der Waals surface area contributed by atoms with E-state index in [1.165, 1.54) is 6.92 Å². The van der Waals surface area contributed by atoms with Gasteiger partial charge in [-0.05, 0) is 24.6 Å². The molecule has 2 rings (SSSR count). The Morgan fingerprint density at radius 2 is 2.18 bits per heavy atom. The lowest BCUT2D eigenvalue weighted by atomic mass is 9.92. The Morgan fingerprint density at radius 1 is 1.41 bits per heavy atom. The molecule has 17 heavy (non-hydrogen) atoms. The summed E-state index contributed by atoms with van der Waals surface area (Å²) in [6.45, 7) is 1.52. The summed E-state index contributed by atoms with van der Waals surface area (Å²) < 4.78 is 0. The predicted molar refractivity (Wildman–Crippen MR) is 65.7 cm³/mol. The summed E-state index contributed by atoms with van der Waals surface area (Å²) in [5.74, 6) is -1.00. The van der Waals surface area contributed by atoms with Crippen molar-refractivity contribution in [3.8, 4) is 0 Å². The first kappa shape index (κ1) is 11.5. The zero-order chi connectivity index (χ0) is 12.5. The minimum atomic E-state index is -1.26. The second-order valence-electron chi connectivity index (χ2n) is 4.39. The van der Waals surface area contributed by atoms with Gasteiger partial charge in [0.2, 0.25) is 0 Å². The van der Waals surface area contributed by atoms with E-state index in [0.717, 1.165) is 16.5 Å². The fourth-order valence-corrected chi connectivity index (χ4v) is 1.79. The number of aromatic nitrogens is 1. The van der Waals surface area contributed by atoms with E-state index < -0.39 is 11.5 Å². The van der Waals surface area contributed by atoms with Crippen molar-refractivity contribution in [3.63, 3.8) is 0 Å². The van der Waals surface area contributed by atoms with Crippen molar-refractivity contribution in [3.05, 3.63) is 42.1 Å². The van der Waals surface area contributed by atoms with Crippen molar-refractivity contribution in [2.24, 2.45) is 5.73 Å². The van der Waals surface area contributed by atoms with Gasteiger partial charge in [0.15, 0.2) is 0 Å². The number of nitrogens with two attached hydrogens (primary N) is 1. The number of benzene rings is 1. The highest BCUT2D eigenvalue weighted by atomic mass is 16.4. The van der Waals surface area contributed by atoms with E-state index >= 15 is 0 Å². The molecule has 0 aliphatic heterocycles. The van der Waals surface area contributed by atoms with Gasteiger partial charge in [-0.15, -0.1) is 0 Å². The molecule has 0 saturated heterocycles. The molecule has 1 heterocycles.